The van der Waals surface area contributed by atoms with Gasteiger partial charge in [-0.3, -0.25) is 14.8 Å². The maximum atomic E-state index is 13.2. The number of rotatable bonds is 8. The van der Waals surface area contributed by atoms with Crippen molar-refractivity contribution in [1.82, 2.24) is 39.3 Å². The van der Waals surface area contributed by atoms with E-state index in [1.54, 1.807) is 35.5 Å². The Bertz CT molecular complexity index is 1510. The van der Waals surface area contributed by atoms with Crippen LogP contribution in [0.2, 0.25) is 0 Å². The van der Waals surface area contributed by atoms with Gasteiger partial charge in [0.2, 0.25) is 11.8 Å². The largest absolute Gasteiger partial charge is 0.480 e. The smallest absolute Gasteiger partial charge is 0.263 e. The fraction of sp³-hybridized carbons (Fsp3) is 0.240. The normalized spacial score (nSPS) is 12.9. The lowest BCUT2D eigenvalue weighted by atomic mass is 9.88. The Morgan fingerprint density at radius 3 is 2.46 bits per heavy atom. The van der Waals surface area contributed by atoms with Crippen LogP contribution in [0.1, 0.15) is 41.4 Å². The summed E-state index contributed by atoms with van der Waals surface area (Å²) in [5, 5.41) is 6.92. The van der Waals surface area contributed by atoms with Gasteiger partial charge < -0.3 is 15.0 Å². The van der Waals surface area contributed by atoms with Gasteiger partial charge in [-0.1, -0.05) is 30.3 Å². The first-order chi connectivity index (χ1) is 18.0. The van der Waals surface area contributed by atoms with Gasteiger partial charge in [-0.25, -0.2) is 19.9 Å². The highest BCUT2D eigenvalue weighted by molar-refractivity contribution is 6.06. The van der Waals surface area contributed by atoms with Crippen molar-refractivity contribution in [3.05, 3.63) is 84.0 Å². The van der Waals surface area contributed by atoms with E-state index in [-0.39, 0.29) is 17.4 Å². The molecule has 1 amide bonds. The third-order valence-electron chi connectivity index (χ3n) is 6.05. The van der Waals surface area contributed by atoms with E-state index in [0.717, 1.165) is 5.56 Å². The predicted molar refractivity (Wildman–Crippen MR) is 136 cm³/mol. The highest BCUT2D eigenvalue weighted by Crippen LogP contribution is 2.34. The molecule has 1 atom stereocenters. The summed E-state index contributed by atoms with van der Waals surface area (Å²) in [6, 6.07) is 12.9. The average molecular weight is 499 g/mol. The summed E-state index contributed by atoms with van der Waals surface area (Å²) >= 11 is 0. The lowest BCUT2D eigenvalue weighted by molar-refractivity contribution is 0.102. The topological polar surface area (TPSA) is 152 Å². The fourth-order valence-corrected chi connectivity index (χ4v) is 4.21. The Morgan fingerprint density at radius 1 is 1.05 bits per heavy atom. The van der Waals surface area contributed by atoms with Gasteiger partial charge in [0, 0.05) is 25.5 Å². The van der Waals surface area contributed by atoms with Crippen LogP contribution in [0.5, 0.6) is 5.88 Å². The van der Waals surface area contributed by atoms with Gasteiger partial charge in [0.25, 0.3) is 5.91 Å². The van der Waals surface area contributed by atoms with Gasteiger partial charge in [0.1, 0.15) is 17.7 Å². The van der Waals surface area contributed by atoms with Gasteiger partial charge in [0.05, 0.1) is 12.6 Å². The molecular weight excluding hydrogens is 472 g/mol. The third-order valence-corrected chi connectivity index (χ3v) is 6.05. The van der Waals surface area contributed by atoms with Crippen molar-refractivity contribution in [2.24, 2.45) is 5.73 Å². The lowest BCUT2D eigenvalue weighted by Crippen LogP contribution is -2.43. The Morgan fingerprint density at radius 2 is 1.81 bits per heavy atom. The summed E-state index contributed by atoms with van der Waals surface area (Å²) in [6.45, 7) is 5.03. The fourth-order valence-electron chi connectivity index (χ4n) is 4.21. The number of amides is 1. The number of ether oxygens (including phenoxy) is 1. The number of hydrogen-bond donors (Lipinski definition) is 2. The Kier molecular flexibility index (Phi) is 6.32. The molecule has 0 fully saturated rings. The van der Waals surface area contributed by atoms with Gasteiger partial charge >= 0.3 is 0 Å². The van der Waals surface area contributed by atoms with Crippen LogP contribution in [0.4, 0.5) is 5.95 Å². The molecule has 37 heavy (non-hydrogen) atoms. The minimum atomic E-state index is -1.29. The number of methoxy groups -OCH3 is 1. The van der Waals surface area contributed by atoms with Crippen LogP contribution >= 0.6 is 0 Å². The van der Waals surface area contributed by atoms with E-state index < -0.39 is 11.4 Å². The number of nitrogens with two attached hydrogens (primary N) is 1. The number of aryl methyl sites for hydroxylation is 2. The number of pyridine rings is 1. The van der Waals surface area contributed by atoms with E-state index in [1.165, 1.54) is 7.11 Å². The molecule has 5 rings (SSSR count). The minimum absolute atomic E-state index is 0.116. The highest BCUT2D eigenvalue weighted by atomic mass is 16.5. The zero-order valence-electron chi connectivity index (χ0n) is 20.7. The molecule has 5 aromatic rings. The van der Waals surface area contributed by atoms with Crippen LogP contribution in [-0.2, 0) is 18.6 Å². The number of carbonyl (C=O) groups excluding carboxylic acids is 1. The third kappa shape index (κ3) is 4.16. The second-order valence-corrected chi connectivity index (χ2v) is 8.19. The number of fused-ring (bicyclic) bond motifs is 1. The summed E-state index contributed by atoms with van der Waals surface area (Å²) in [6.07, 6.45) is 4.83. The number of hydrogen-bond acceptors (Lipinski definition) is 9. The molecular formula is C25H26N10O2. The number of anilines is 1. The van der Waals surface area contributed by atoms with E-state index in [1.807, 2.05) is 48.7 Å². The second kappa shape index (κ2) is 9.74. The molecule has 12 heteroatoms. The standard InChI is InChI=1S/C25H26N10O2/c1-4-34-15-29-24(33-34)32-20(36)17-14-18-19(30-21(17)37-3)31-23(35(18)5-2)25(26,16-10-7-6-8-11-16)22-27-12-9-13-28-22/h6-15H,4-5,26H2,1-3H3,(H,32,33,36). The van der Waals surface area contributed by atoms with E-state index in [9.17, 15) is 4.79 Å². The quantitative estimate of drug-likeness (QED) is 0.328. The molecule has 0 bridgehead atoms. The summed E-state index contributed by atoms with van der Waals surface area (Å²) in [4.78, 5) is 35.6. The first-order valence-corrected chi connectivity index (χ1v) is 11.8. The zero-order chi connectivity index (χ0) is 26.0. The number of imidazole rings is 1. The molecule has 4 aromatic heterocycles. The van der Waals surface area contributed by atoms with E-state index in [2.05, 4.69) is 30.4 Å². The number of benzene rings is 1. The van der Waals surface area contributed by atoms with Gasteiger partial charge in [-0.05, 0) is 31.5 Å². The number of nitrogens with zero attached hydrogens (tertiary/aromatic N) is 8. The van der Waals surface area contributed by atoms with Crippen molar-refractivity contribution in [1.29, 1.82) is 0 Å². The number of nitrogens with one attached hydrogen (secondary N) is 1. The summed E-state index contributed by atoms with van der Waals surface area (Å²) in [7, 11) is 1.45. The molecule has 0 aliphatic heterocycles. The average Bonchev–Trinajstić information content (AvgIpc) is 3.56. The molecule has 1 aromatic carbocycles. The summed E-state index contributed by atoms with van der Waals surface area (Å²) < 4.78 is 8.98. The number of aromatic nitrogens is 8. The van der Waals surface area contributed by atoms with Crippen molar-refractivity contribution in [3.8, 4) is 5.88 Å². The van der Waals surface area contributed by atoms with Gasteiger partial charge in [-0.15, -0.1) is 5.10 Å². The Balaban J connectivity index is 1.68. The molecule has 188 valence electrons. The molecule has 0 saturated carbocycles. The van der Waals surface area contributed by atoms with Crippen LogP contribution in [-0.4, -0.2) is 52.3 Å². The maximum Gasteiger partial charge on any atom is 0.263 e. The second-order valence-electron chi connectivity index (χ2n) is 8.19. The van der Waals surface area contributed by atoms with Crippen LogP contribution in [0.3, 0.4) is 0 Å². The molecule has 1 unspecified atom stereocenters. The van der Waals surface area contributed by atoms with Gasteiger partial charge in [-0.2, -0.15) is 4.98 Å². The van der Waals surface area contributed by atoms with Crippen LogP contribution in [0, 0.1) is 0 Å². The van der Waals surface area contributed by atoms with E-state index in [0.29, 0.717) is 35.9 Å². The molecule has 0 spiro atoms. The molecule has 0 aliphatic carbocycles. The predicted octanol–water partition coefficient (Wildman–Crippen LogP) is 2.36. The van der Waals surface area contributed by atoms with Crippen LogP contribution in [0.25, 0.3) is 11.2 Å². The van der Waals surface area contributed by atoms with Crippen LogP contribution in [0.15, 0.2) is 61.2 Å². The SMILES string of the molecule is CCn1cnc(NC(=O)c2cc3c(nc2OC)nc(C(N)(c2ccccc2)c2ncccn2)n3CC)n1. The lowest BCUT2D eigenvalue weighted by Gasteiger charge is -2.28. The van der Waals surface area contributed by atoms with E-state index in [4.69, 9.17) is 15.5 Å². The Labute approximate surface area is 212 Å². The molecule has 4 heterocycles. The molecule has 0 radical (unpaired) electrons. The minimum Gasteiger partial charge on any atom is -0.480 e. The summed E-state index contributed by atoms with van der Waals surface area (Å²) in [5.74, 6) is 0.709. The number of carbonyl (C=O) groups is 1. The maximum absolute atomic E-state index is 13.2. The molecule has 12 nitrogen and oxygen atoms in total. The Hall–Kier alpha value is -4.71. The molecule has 3 N–H and O–H groups in total. The van der Waals surface area contributed by atoms with Crippen LogP contribution < -0.4 is 15.8 Å². The first-order valence-electron chi connectivity index (χ1n) is 11.8. The van der Waals surface area contributed by atoms with Crippen molar-refractivity contribution in [2.45, 2.75) is 32.5 Å². The first kappa shape index (κ1) is 24.0. The molecule has 0 saturated heterocycles. The zero-order valence-corrected chi connectivity index (χ0v) is 20.7. The van der Waals surface area contributed by atoms with Gasteiger partial charge in [0.15, 0.2) is 17.0 Å². The van der Waals surface area contributed by atoms with Crippen molar-refractivity contribution in [2.75, 3.05) is 12.4 Å². The van der Waals surface area contributed by atoms with Crippen molar-refractivity contribution in [3.63, 3.8) is 0 Å². The monoisotopic (exact) mass is 498 g/mol. The summed E-state index contributed by atoms with van der Waals surface area (Å²) in [5.41, 5.74) is 7.79. The molecule has 0 aliphatic rings. The highest BCUT2D eigenvalue weighted by Gasteiger charge is 2.40. The van der Waals surface area contributed by atoms with E-state index >= 15 is 0 Å². The van der Waals surface area contributed by atoms with Crippen molar-refractivity contribution >= 4 is 23.0 Å². The van der Waals surface area contributed by atoms with Crippen molar-refractivity contribution < 1.29 is 9.53 Å².